The van der Waals surface area contributed by atoms with Crippen LogP contribution in [-0.4, -0.2) is 152 Å². The van der Waals surface area contributed by atoms with Crippen molar-refractivity contribution in [3.8, 4) is 0 Å². The number of aromatic nitrogens is 1. The molecule has 11 atom stereocenters. The molecule has 0 saturated heterocycles. The van der Waals surface area contributed by atoms with Crippen LogP contribution in [0.1, 0.15) is 92.6 Å². The van der Waals surface area contributed by atoms with Crippen molar-refractivity contribution in [2.75, 3.05) is 0 Å². The van der Waals surface area contributed by atoms with Crippen molar-refractivity contribution in [1.82, 2.24) is 47.5 Å². The summed E-state index contributed by atoms with van der Waals surface area (Å²) in [6.45, 7) is 10.0. The van der Waals surface area contributed by atoms with Gasteiger partial charge in [0.2, 0.25) is 59.1 Å². The second kappa shape index (κ2) is 29.0. The molecule has 0 aliphatic heterocycles. The highest BCUT2D eigenvalue weighted by Crippen LogP contribution is 2.20. The Morgan fingerprint density at radius 2 is 1.07 bits per heavy atom. The number of para-hydroxylation sites is 1. The topological polar surface area (TPSA) is 456 Å². The number of primary amides is 2. The number of nitrogens with two attached hydrogens (primary N) is 3. The van der Waals surface area contributed by atoms with Crippen LogP contribution in [0.5, 0.6) is 0 Å². The molecule has 0 saturated carbocycles. The molecule has 0 unspecified atom stereocenters. The summed E-state index contributed by atoms with van der Waals surface area (Å²) in [7, 11) is 0. The summed E-state index contributed by atoms with van der Waals surface area (Å²) >= 11 is 0. The third kappa shape index (κ3) is 19.8. The normalized spacial score (nSPS) is 15.7. The fraction of sp³-hybridized carbons (Fsp3) is 0.565. The van der Waals surface area contributed by atoms with Gasteiger partial charge in [0.05, 0.1) is 18.6 Å². The molecule has 27 nitrogen and oxygen atoms in total. The lowest BCUT2D eigenvalue weighted by Crippen LogP contribution is -2.61. The van der Waals surface area contributed by atoms with E-state index in [1.165, 1.54) is 41.5 Å². The fourth-order valence-electron chi connectivity index (χ4n) is 7.12. The summed E-state index contributed by atoms with van der Waals surface area (Å²) in [5.74, 6) is -14.2. The monoisotopic (exact) mass is 1030 g/mol. The van der Waals surface area contributed by atoms with Crippen molar-refractivity contribution >= 4 is 81.9 Å². The highest BCUT2D eigenvalue weighted by Gasteiger charge is 2.37. The van der Waals surface area contributed by atoms with E-state index in [0.29, 0.717) is 16.5 Å². The molecule has 1 aromatic heterocycles. The van der Waals surface area contributed by atoms with E-state index >= 15 is 0 Å². The predicted octanol–water partition coefficient (Wildman–Crippen LogP) is -3.87. The Labute approximate surface area is 420 Å². The molecule has 0 radical (unpaired) electrons. The van der Waals surface area contributed by atoms with Crippen LogP contribution in [-0.2, 0) is 64.0 Å². The van der Waals surface area contributed by atoms with E-state index in [0.717, 1.165) is 0 Å². The maximum atomic E-state index is 14.0. The Kier molecular flexibility index (Phi) is 24.4. The third-order valence-corrected chi connectivity index (χ3v) is 11.6. The average Bonchev–Trinajstić information content (AvgIpc) is 3.72. The number of aliphatic hydroxyl groups is 1. The van der Waals surface area contributed by atoms with E-state index < -0.39 is 169 Å². The van der Waals surface area contributed by atoms with Crippen LogP contribution >= 0.6 is 0 Å². The summed E-state index contributed by atoms with van der Waals surface area (Å²) in [5, 5.41) is 49.2. The molecule has 73 heavy (non-hydrogen) atoms. The number of carbonyl (C=O) groups excluding carboxylic acids is 10. The largest absolute Gasteiger partial charge is 0.481 e. The van der Waals surface area contributed by atoms with E-state index in [-0.39, 0.29) is 19.3 Å². The summed E-state index contributed by atoms with van der Waals surface area (Å²) in [6, 6.07) is -6.65. The average molecular weight is 1030 g/mol. The summed E-state index contributed by atoms with van der Waals surface area (Å²) in [4.78, 5) is 159. The van der Waals surface area contributed by atoms with Gasteiger partial charge in [-0.1, -0.05) is 52.3 Å². The first-order valence-corrected chi connectivity index (χ1v) is 23.5. The first-order valence-electron chi connectivity index (χ1n) is 23.5. The molecule has 2 aromatic rings. The number of benzene rings is 1. The summed E-state index contributed by atoms with van der Waals surface area (Å²) < 4.78 is 0. The number of carboxylic acids is 2. The van der Waals surface area contributed by atoms with Gasteiger partial charge >= 0.3 is 11.9 Å². The minimum absolute atomic E-state index is 0.188. The van der Waals surface area contributed by atoms with Gasteiger partial charge in [-0.15, -0.1) is 0 Å². The van der Waals surface area contributed by atoms with Crippen LogP contribution in [0.2, 0.25) is 0 Å². The Hall–Kier alpha value is -7.68. The molecule has 0 spiro atoms. The number of fused-ring (bicyclic) bond motifs is 1. The van der Waals surface area contributed by atoms with E-state index in [2.05, 4.69) is 47.5 Å². The van der Waals surface area contributed by atoms with Gasteiger partial charge in [-0.05, 0) is 57.1 Å². The van der Waals surface area contributed by atoms with Gasteiger partial charge in [-0.3, -0.25) is 52.7 Å². The predicted molar refractivity (Wildman–Crippen MR) is 259 cm³/mol. The number of aliphatic carboxylic acids is 2. The van der Waals surface area contributed by atoms with E-state index in [4.69, 9.17) is 17.2 Å². The minimum Gasteiger partial charge on any atom is -0.481 e. The number of hydrogen-bond acceptors (Lipinski definition) is 14. The van der Waals surface area contributed by atoms with E-state index in [9.17, 15) is 72.9 Å². The zero-order valence-electron chi connectivity index (χ0n) is 41.7. The van der Waals surface area contributed by atoms with Crippen LogP contribution in [0.25, 0.3) is 10.9 Å². The molecule has 0 aliphatic carbocycles. The summed E-state index contributed by atoms with van der Waals surface area (Å²) in [6.07, 6.45) is -2.83. The van der Waals surface area contributed by atoms with Crippen LogP contribution in [0, 0.1) is 11.8 Å². The molecule has 10 amide bonds. The van der Waals surface area contributed by atoms with Gasteiger partial charge in [-0.25, -0.2) is 4.79 Å². The first-order chi connectivity index (χ1) is 34.1. The number of hydrogen-bond donors (Lipinski definition) is 15. The zero-order valence-corrected chi connectivity index (χ0v) is 41.7. The number of aromatic amines is 1. The lowest BCUT2D eigenvalue weighted by Gasteiger charge is -2.29. The van der Waals surface area contributed by atoms with E-state index in [1.807, 2.05) is 0 Å². The van der Waals surface area contributed by atoms with Gasteiger partial charge in [-0.2, -0.15) is 0 Å². The Bertz CT molecular complexity index is 2340. The van der Waals surface area contributed by atoms with Crippen molar-refractivity contribution in [3.63, 3.8) is 0 Å². The molecule has 27 heteroatoms. The van der Waals surface area contributed by atoms with Crippen molar-refractivity contribution in [3.05, 3.63) is 36.0 Å². The maximum Gasteiger partial charge on any atom is 0.326 e. The minimum atomic E-state index is -1.86. The van der Waals surface area contributed by atoms with Crippen molar-refractivity contribution in [2.24, 2.45) is 29.0 Å². The molecular formula is C46H70N12O15. The van der Waals surface area contributed by atoms with Crippen molar-refractivity contribution < 1.29 is 72.9 Å². The lowest BCUT2D eigenvalue weighted by atomic mass is 9.96. The SMILES string of the molecule is CC[C@H](C)[C@H](NC(=O)[C@H](CC(N)=O)NC(=O)[C@H](CCC(=O)O)NC(=O)[C@H](C)NC(=O)[C@H](Cc1c[nH]c2ccccc12)NC(=O)[C@@H](NC(=O)[C@H](C)N)[C@@H](C)O)C(=O)N[C@@H](CCC(N)=O)C(=O)N[C@H](C(=O)O)C(C)C. The molecule has 1 aromatic carbocycles. The van der Waals surface area contributed by atoms with Gasteiger partial charge in [0, 0.05) is 36.4 Å². The molecule has 0 aliphatic rings. The summed E-state index contributed by atoms with van der Waals surface area (Å²) in [5.41, 5.74) is 17.6. The fourth-order valence-corrected chi connectivity index (χ4v) is 7.12. The lowest BCUT2D eigenvalue weighted by molar-refractivity contribution is -0.143. The van der Waals surface area contributed by atoms with Crippen LogP contribution in [0.4, 0.5) is 0 Å². The van der Waals surface area contributed by atoms with Crippen molar-refractivity contribution in [1.29, 1.82) is 0 Å². The molecule has 2 rings (SSSR count). The Morgan fingerprint density at radius 1 is 0.575 bits per heavy atom. The Morgan fingerprint density at radius 3 is 1.60 bits per heavy atom. The molecule has 1 heterocycles. The number of rotatable bonds is 31. The highest BCUT2D eigenvalue weighted by atomic mass is 16.4. The van der Waals surface area contributed by atoms with E-state index in [1.54, 1.807) is 37.4 Å². The van der Waals surface area contributed by atoms with Gasteiger partial charge < -0.3 is 80.0 Å². The smallest absolute Gasteiger partial charge is 0.326 e. The van der Waals surface area contributed by atoms with Gasteiger partial charge in [0.15, 0.2) is 0 Å². The number of nitrogens with one attached hydrogen (secondary N) is 9. The number of H-pyrrole nitrogens is 1. The molecule has 0 bridgehead atoms. The maximum absolute atomic E-state index is 14.0. The highest BCUT2D eigenvalue weighted by molar-refractivity contribution is 5.99. The second-order valence-corrected chi connectivity index (χ2v) is 18.1. The van der Waals surface area contributed by atoms with Gasteiger partial charge in [0.1, 0.15) is 48.3 Å². The van der Waals surface area contributed by atoms with Crippen LogP contribution in [0.15, 0.2) is 30.5 Å². The van der Waals surface area contributed by atoms with Crippen molar-refractivity contribution in [2.45, 2.75) is 154 Å². The quantitative estimate of drug-likeness (QED) is 0.0344. The Balaban J connectivity index is 2.41. The van der Waals surface area contributed by atoms with Crippen LogP contribution < -0.4 is 59.7 Å². The number of aliphatic hydroxyl groups excluding tert-OH is 1. The number of amides is 10. The zero-order chi connectivity index (χ0) is 55.4. The molecule has 404 valence electrons. The molecule has 0 fully saturated rings. The standard InChI is InChI=1S/C46H70N12O15/c1-8-21(4)36(44(70)53-28(13-15-32(48)60)41(67)56-35(20(2)3)46(72)73)57-43(69)31(18-33(49)61)54-40(66)29(14-16-34(62)63)52-39(65)23(6)51-42(68)30(17-25-19-50-27-12-10-9-11-26(25)27)55-45(71)37(24(7)59)58-38(64)22(5)47/h9-12,19-24,28-31,35-37,50,59H,8,13-18,47H2,1-7H3,(H2,48,60)(H2,49,61)(H,51,68)(H,52,65)(H,53,70)(H,54,66)(H,55,71)(H,56,67)(H,57,69)(H,58,64)(H,62,63)(H,72,73)/t21-,22-,23-,24+,28-,29-,30-,31-,35-,36-,37-/m0/s1. The second-order valence-electron chi connectivity index (χ2n) is 18.1. The molecule has 18 N–H and O–H groups in total. The first kappa shape index (κ1) is 61.4. The number of carbonyl (C=O) groups is 12. The molecular weight excluding hydrogens is 961 g/mol. The van der Waals surface area contributed by atoms with Gasteiger partial charge in [0.25, 0.3) is 0 Å². The third-order valence-electron chi connectivity index (χ3n) is 11.6. The van der Waals surface area contributed by atoms with Crippen LogP contribution in [0.3, 0.4) is 0 Å². The number of carboxylic acid groups (broad SMARTS) is 2.